The largest absolute Gasteiger partial charge is 0.465 e. The minimum Gasteiger partial charge on any atom is -0.465 e. The molecule has 0 fully saturated rings. The van der Waals surface area contributed by atoms with Gasteiger partial charge in [-0.05, 0) is 30.7 Å². The lowest BCUT2D eigenvalue weighted by Crippen LogP contribution is -2.07. The number of benzene rings is 1. The normalized spacial score (nSPS) is 10.9. The van der Waals surface area contributed by atoms with Gasteiger partial charge in [-0.3, -0.25) is 4.40 Å². The first kappa shape index (κ1) is 16.7. The van der Waals surface area contributed by atoms with Crippen LogP contribution in [0.5, 0.6) is 0 Å². The Kier molecular flexibility index (Phi) is 4.03. The molecule has 0 unspecified atom stereocenters. The summed E-state index contributed by atoms with van der Waals surface area (Å²) in [4.78, 5) is 11.9. The molecule has 25 heavy (non-hydrogen) atoms. The van der Waals surface area contributed by atoms with Crippen LogP contribution in [0.15, 0.2) is 31.0 Å². The molecule has 0 radical (unpaired) electrons. The molecule has 0 bridgehead atoms. The number of rotatable bonds is 3. The van der Waals surface area contributed by atoms with Crippen molar-refractivity contribution in [3.05, 3.63) is 59.6 Å². The van der Waals surface area contributed by atoms with Crippen LogP contribution in [-0.4, -0.2) is 27.7 Å². The summed E-state index contributed by atoms with van der Waals surface area (Å²) < 4.78 is 47.6. The molecule has 0 N–H and O–H groups in total. The van der Waals surface area contributed by atoms with Gasteiger partial charge in [0.15, 0.2) is 23.1 Å². The quantitative estimate of drug-likeness (QED) is 0.536. The molecule has 0 aliphatic rings. The van der Waals surface area contributed by atoms with E-state index in [2.05, 4.69) is 16.8 Å². The highest BCUT2D eigenvalue weighted by Crippen LogP contribution is 2.30. The SMILES string of the molecule is C=C(C)c1c(C(=O)OC)ccn2c(-c3c(F)ccc(F)c3F)nnc12. The lowest BCUT2D eigenvalue weighted by molar-refractivity contribution is 0.0600. The Bertz CT molecular complexity index is 1030. The van der Waals surface area contributed by atoms with Crippen molar-refractivity contribution in [3.63, 3.8) is 0 Å². The van der Waals surface area contributed by atoms with Gasteiger partial charge in [0.1, 0.15) is 5.82 Å². The molecule has 0 spiro atoms. The highest BCUT2D eigenvalue weighted by molar-refractivity contribution is 5.98. The van der Waals surface area contributed by atoms with Crippen LogP contribution in [0, 0.1) is 17.5 Å². The number of esters is 1. The summed E-state index contributed by atoms with van der Waals surface area (Å²) in [6, 6.07) is 2.88. The summed E-state index contributed by atoms with van der Waals surface area (Å²) >= 11 is 0. The summed E-state index contributed by atoms with van der Waals surface area (Å²) in [6.07, 6.45) is 1.35. The number of carbonyl (C=O) groups excluding carboxylic acids is 1. The predicted molar refractivity (Wildman–Crippen MR) is 84.3 cm³/mol. The predicted octanol–water partition coefficient (Wildman–Crippen LogP) is 3.63. The van der Waals surface area contributed by atoms with Crippen molar-refractivity contribution in [2.75, 3.05) is 7.11 Å². The minimum absolute atomic E-state index is 0.147. The Morgan fingerprint density at radius 2 is 1.84 bits per heavy atom. The molecule has 3 rings (SSSR count). The van der Waals surface area contributed by atoms with Crippen LogP contribution in [0.2, 0.25) is 0 Å². The molecule has 128 valence electrons. The van der Waals surface area contributed by atoms with E-state index in [1.807, 2.05) is 0 Å². The Morgan fingerprint density at radius 3 is 2.48 bits per heavy atom. The molecule has 1 aromatic carbocycles. The smallest absolute Gasteiger partial charge is 0.338 e. The first-order chi connectivity index (χ1) is 11.9. The third kappa shape index (κ3) is 2.55. The van der Waals surface area contributed by atoms with E-state index in [4.69, 9.17) is 4.74 Å². The molecule has 0 saturated carbocycles. The van der Waals surface area contributed by atoms with Gasteiger partial charge < -0.3 is 4.74 Å². The third-order valence-electron chi connectivity index (χ3n) is 3.68. The maximum atomic E-state index is 14.1. The summed E-state index contributed by atoms with van der Waals surface area (Å²) in [5.74, 6) is -4.42. The lowest BCUT2D eigenvalue weighted by atomic mass is 10.0. The molecule has 0 aliphatic heterocycles. The number of allylic oxidation sites excluding steroid dienone is 1. The van der Waals surface area contributed by atoms with Crippen LogP contribution >= 0.6 is 0 Å². The molecule has 5 nitrogen and oxygen atoms in total. The molecule has 0 saturated heterocycles. The zero-order valence-corrected chi connectivity index (χ0v) is 13.3. The van der Waals surface area contributed by atoms with E-state index in [0.717, 1.165) is 6.07 Å². The van der Waals surface area contributed by atoms with E-state index in [1.165, 1.54) is 23.8 Å². The van der Waals surface area contributed by atoms with Gasteiger partial charge in [-0.2, -0.15) is 0 Å². The van der Waals surface area contributed by atoms with E-state index < -0.39 is 29.0 Å². The van der Waals surface area contributed by atoms with Crippen molar-refractivity contribution in [2.24, 2.45) is 0 Å². The molecule has 0 atom stereocenters. The van der Waals surface area contributed by atoms with Gasteiger partial charge >= 0.3 is 5.97 Å². The fourth-order valence-electron chi connectivity index (χ4n) is 2.56. The number of aromatic nitrogens is 3. The second kappa shape index (κ2) is 6.04. The fraction of sp³-hybridized carbons (Fsp3) is 0.118. The third-order valence-corrected chi connectivity index (χ3v) is 3.68. The highest BCUT2D eigenvalue weighted by Gasteiger charge is 2.24. The van der Waals surface area contributed by atoms with Gasteiger partial charge in [-0.15, -0.1) is 10.2 Å². The molecule has 2 aromatic heterocycles. The first-order valence-electron chi connectivity index (χ1n) is 7.12. The summed E-state index contributed by atoms with van der Waals surface area (Å²) in [6.45, 7) is 5.43. The number of nitrogens with zero attached hydrogens (tertiary/aromatic N) is 3. The molecule has 8 heteroatoms. The Morgan fingerprint density at radius 1 is 1.16 bits per heavy atom. The second-order valence-corrected chi connectivity index (χ2v) is 5.31. The van der Waals surface area contributed by atoms with Crippen molar-refractivity contribution in [1.82, 2.24) is 14.6 Å². The second-order valence-electron chi connectivity index (χ2n) is 5.31. The molecule has 0 amide bonds. The first-order valence-corrected chi connectivity index (χ1v) is 7.12. The Balaban J connectivity index is 2.36. The number of hydrogen-bond donors (Lipinski definition) is 0. The van der Waals surface area contributed by atoms with Crippen LogP contribution < -0.4 is 0 Å². The van der Waals surface area contributed by atoms with Crippen molar-refractivity contribution in [3.8, 4) is 11.4 Å². The van der Waals surface area contributed by atoms with Crippen LogP contribution in [0.3, 0.4) is 0 Å². The number of fused-ring (bicyclic) bond motifs is 1. The van der Waals surface area contributed by atoms with Crippen molar-refractivity contribution < 1.29 is 22.7 Å². The maximum Gasteiger partial charge on any atom is 0.338 e. The average molecular weight is 347 g/mol. The molecule has 2 heterocycles. The van der Waals surface area contributed by atoms with E-state index in [0.29, 0.717) is 17.2 Å². The maximum absolute atomic E-state index is 14.1. The average Bonchev–Trinajstić information content (AvgIpc) is 3.00. The van der Waals surface area contributed by atoms with Gasteiger partial charge in [0.25, 0.3) is 0 Å². The number of hydrogen-bond acceptors (Lipinski definition) is 4. The summed E-state index contributed by atoms with van der Waals surface area (Å²) in [5.41, 5.74) is 0.483. The lowest BCUT2D eigenvalue weighted by Gasteiger charge is -2.10. The van der Waals surface area contributed by atoms with Crippen LogP contribution in [0.25, 0.3) is 22.6 Å². The van der Waals surface area contributed by atoms with E-state index in [9.17, 15) is 18.0 Å². The fourth-order valence-corrected chi connectivity index (χ4v) is 2.56. The topological polar surface area (TPSA) is 56.5 Å². The number of methoxy groups -OCH3 is 1. The molecule has 0 aliphatic carbocycles. The summed E-state index contributed by atoms with van der Waals surface area (Å²) in [5, 5.41) is 7.66. The molecular weight excluding hydrogens is 335 g/mol. The number of ether oxygens (including phenoxy) is 1. The Hall–Kier alpha value is -3.16. The van der Waals surface area contributed by atoms with Gasteiger partial charge in [0.2, 0.25) is 0 Å². The standard InChI is InChI=1S/C17H12F3N3O2/c1-8(2)12-9(17(24)25-3)6-7-23-15(12)21-22-16(23)13-10(18)4-5-11(19)14(13)20/h4-7H,1H2,2-3H3. The number of carbonyl (C=O) groups is 1. The van der Waals surface area contributed by atoms with Crippen LogP contribution in [0.1, 0.15) is 22.8 Å². The molecule has 3 aromatic rings. The van der Waals surface area contributed by atoms with Gasteiger partial charge in [-0.25, -0.2) is 18.0 Å². The van der Waals surface area contributed by atoms with Gasteiger partial charge in [0.05, 0.1) is 18.2 Å². The van der Waals surface area contributed by atoms with E-state index in [-0.39, 0.29) is 17.0 Å². The minimum atomic E-state index is -1.37. The van der Waals surface area contributed by atoms with Gasteiger partial charge in [0, 0.05) is 11.8 Å². The van der Waals surface area contributed by atoms with E-state index >= 15 is 0 Å². The van der Waals surface area contributed by atoms with Crippen molar-refractivity contribution in [2.45, 2.75) is 6.92 Å². The zero-order valence-electron chi connectivity index (χ0n) is 13.3. The highest BCUT2D eigenvalue weighted by atomic mass is 19.2. The summed E-state index contributed by atoms with van der Waals surface area (Å²) in [7, 11) is 1.22. The van der Waals surface area contributed by atoms with Crippen LogP contribution in [-0.2, 0) is 4.74 Å². The molecular formula is C17H12F3N3O2. The van der Waals surface area contributed by atoms with Crippen LogP contribution in [0.4, 0.5) is 13.2 Å². The van der Waals surface area contributed by atoms with E-state index in [1.54, 1.807) is 6.92 Å². The van der Waals surface area contributed by atoms with Crippen molar-refractivity contribution >= 4 is 17.2 Å². The number of pyridine rings is 1. The van der Waals surface area contributed by atoms with Crippen molar-refractivity contribution in [1.29, 1.82) is 0 Å². The zero-order chi connectivity index (χ0) is 18.3. The number of halogens is 3. The Labute approximate surface area is 140 Å². The monoisotopic (exact) mass is 347 g/mol. The van der Waals surface area contributed by atoms with Gasteiger partial charge in [-0.1, -0.05) is 6.58 Å².